The summed E-state index contributed by atoms with van der Waals surface area (Å²) in [6.07, 6.45) is 0. The van der Waals surface area contributed by atoms with Crippen LogP contribution in [-0.2, 0) is 11.3 Å². The average molecular weight is 379 g/mol. The molecule has 0 aromatic heterocycles. The van der Waals surface area contributed by atoms with Crippen LogP contribution in [0.25, 0.3) is 0 Å². The summed E-state index contributed by atoms with van der Waals surface area (Å²) in [4.78, 5) is 27.2. The normalized spacial score (nSPS) is 11.4. The molecule has 2 rings (SSSR count). The van der Waals surface area contributed by atoms with Crippen LogP contribution in [0.5, 0.6) is 5.75 Å². The van der Waals surface area contributed by atoms with Crippen LogP contribution < -0.4 is 10.1 Å². The van der Waals surface area contributed by atoms with Crippen molar-refractivity contribution in [3.8, 4) is 11.8 Å². The summed E-state index contributed by atoms with van der Waals surface area (Å²) in [7, 11) is 3.20. The summed E-state index contributed by atoms with van der Waals surface area (Å²) in [6, 6.07) is 15.4. The van der Waals surface area contributed by atoms with E-state index in [1.165, 1.54) is 7.11 Å². The van der Waals surface area contributed by atoms with Gasteiger partial charge in [-0.05, 0) is 35.7 Å². The maximum absolute atomic E-state index is 13.0. The first-order valence-corrected chi connectivity index (χ1v) is 9.05. The van der Waals surface area contributed by atoms with Crippen LogP contribution in [0.4, 0.5) is 0 Å². The Morgan fingerprint density at radius 1 is 1.14 bits per heavy atom. The molecule has 0 aliphatic heterocycles. The smallest absolute Gasteiger partial charge is 0.255 e. The number of carbonyl (C=O) groups excluding carboxylic acids is 2. The monoisotopic (exact) mass is 379 g/mol. The van der Waals surface area contributed by atoms with Crippen LogP contribution in [0.2, 0.25) is 0 Å². The van der Waals surface area contributed by atoms with Crippen LogP contribution in [0, 0.1) is 17.2 Å². The zero-order valence-electron chi connectivity index (χ0n) is 16.6. The number of likely N-dealkylation sites (N-methyl/N-ethyl adjacent to an activating group) is 1. The second-order valence-electron chi connectivity index (χ2n) is 6.90. The van der Waals surface area contributed by atoms with E-state index in [0.29, 0.717) is 23.4 Å². The van der Waals surface area contributed by atoms with Crippen LogP contribution in [0.1, 0.15) is 35.3 Å². The number of nitriles is 1. The number of ether oxygens (including phenoxy) is 1. The van der Waals surface area contributed by atoms with Gasteiger partial charge in [-0.3, -0.25) is 9.59 Å². The van der Waals surface area contributed by atoms with E-state index in [1.54, 1.807) is 48.3 Å². The lowest BCUT2D eigenvalue weighted by Crippen LogP contribution is -2.50. The molecule has 1 N–H and O–H groups in total. The molecule has 28 heavy (non-hydrogen) atoms. The number of benzene rings is 2. The Morgan fingerprint density at radius 2 is 1.79 bits per heavy atom. The molecule has 2 aromatic carbocycles. The van der Waals surface area contributed by atoms with Crippen molar-refractivity contribution in [1.82, 2.24) is 10.2 Å². The van der Waals surface area contributed by atoms with E-state index in [0.717, 1.165) is 5.56 Å². The third-order valence-electron chi connectivity index (χ3n) is 4.45. The summed E-state index contributed by atoms with van der Waals surface area (Å²) in [5.41, 5.74) is 1.87. The number of rotatable bonds is 7. The van der Waals surface area contributed by atoms with Gasteiger partial charge in [0.05, 0.1) is 24.3 Å². The number of carbonyl (C=O) groups is 2. The van der Waals surface area contributed by atoms with Gasteiger partial charge in [-0.2, -0.15) is 5.26 Å². The molecular weight excluding hydrogens is 354 g/mol. The van der Waals surface area contributed by atoms with Crippen LogP contribution in [-0.4, -0.2) is 36.9 Å². The third-order valence-corrected chi connectivity index (χ3v) is 4.45. The molecule has 0 aliphatic carbocycles. The molecule has 0 bridgehead atoms. The van der Waals surface area contributed by atoms with Crippen LogP contribution >= 0.6 is 0 Å². The average Bonchev–Trinajstić information content (AvgIpc) is 2.71. The van der Waals surface area contributed by atoms with Crippen LogP contribution in [0.3, 0.4) is 0 Å². The van der Waals surface area contributed by atoms with E-state index < -0.39 is 6.04 Å². The minimum atomic E-state index is -0.666. The predicted octanol–water partition coefficient (Wildman–Crippen LogP) is 2.98. The van der Waals surface area contributed by atoms with E-state index in [1.807, 2.05) is 26.0 Å². The van der Waals surface area contributed by atoms with Gasteiger partial charge in [0.25, 0.3) is 5.91 Å². The second kappa shape index (κ2) is 9.56. The van der Waals surface area contributed by atoms with E-state index in [-0.39, 0.29) is 17.7 Å². The van der Waals surface area contributed by atoms with Gasteiger partial charge in [0.2, 0.25) is 5.91 Å². The zero-order valence-corrected chi connectivity index (χ0v) is 16.6. The molecule has 146 valence electrons. The van der Waals surface area contributed by atoms with Crippen molar-refractivity contribution in [3.63, 3.8) is 0 Å². The van der Waals surface area contributed by atoms with Gasteiger partial charge < -0.3 is 15.0 Å². The van der Waals surface area contributed by atoms with Crippen molar-refractivity contribution in [1.29, 1.82) is 5.26 Å². The highest BCUT2D eigenvalue weighted by molar-refractivity contribution is 5.99. The number of methoxy groups -OCH3 is 1. The lowest BCUT2D eigenvalue weighted by atomic mass is 10.0. The maximum Gasteiger partial charge on any atom is 0.255 e. The van der Waals surface area contributed by atoms with Gasteiger partial charge in [0.1, 0.15) is 11.8 Å². The van der Waals surface area contributed by atoms with Gasteiger partial charge in [-0.15, -0.1) is 0 Å². The standard InChI is InChI=1S/C22H25N3O3/c1-15(2)20(24-21(26)18-7-5-6-8-19(18)28-4)22(27)25(3)14-17-11-9-16(13-23)10-12-17/h5-12,15,20H,14H2,1-4H3,(H,24,26). The Morgan fingerprint density at radius 3 is 2.36 bits per heavy atom. The highest BCUT2D eigenvalue weighted by Gasteiger charge is 2.28. The van der Waals surface area contributed by atoms with Crippen molar-refractivity contribution < 1.29 is 14.3 Å². The number of hydrogen-bond donors (Lipinski definition) is 1. The first kappa shape index (κ1) is 21.0. The fraction of sp³-hybridized carbons (Fsp3) is 0.318. The van der Waals surface area contributed by atoms with Crippen LogP contribution in [0.15, 0.2) is 48.5 Å². The van der Waals surface area contributed by atoms with E-state index in [4.69, 9.17) is 10.00 Å². The number of para-hydroxylation sites is 1. The Hall–Kier alpha value is -3.33. The van der Waals surface area contributed by atoms with Gasteiger partial charge in [-0.25, -0.2) is 0 Å². The summed E-state index contributed by atoms with van der Waals surface area (Å²) in [6.45, 7) is 4.17. The zero-order chi connectivity index (χ0) is 20.7. The minimum Gasteiger partial charge on any atom is -0.496 e. The molecule has 0 spiro atoms. The number of nitrogens with zero attached hydrogens (tertiary/aromatic N) is 2. The van der Waals surface area contributed by atoms with Crippen molar-refractivity contribution in [2.75, 3.05) is 14.2 Å². The first-order chi connectivity index (χ1) is 13.4. The van der Waals surface area contributed by atoms with E-state index in [9.17, 15) is 9.59 Å². The van der Waals surface area contributed by atoms with Gasteiger partial charge >= 0.3 is 0 Å². The Labute approximate surface area is 165 Å². The van der Waals surface area contributed by atoms with Crippen molar-refractivity contribution in [2.45, 2.75) is 26.4 Å². The Kier molecular flexibility index (Phi) is 7.16. The van der Waals surface area contributed by atoms with Gasteiger partial charge in [-0.1, -0.05) is 38.1 Å². The molecular formula is C22H25N3O3. The molecule has 0 aliphatic rings. The van der Waals surface area contributed by atoms with Gasteiger partial charge in [0.15, 0.2) is 0 Å². The highest BCUT2D eigenvalue weighted by Crippen LogP contribution is 2.18. The Balaban J connectivity index is 2.12. The highest BCUT2D eigenvalue weighted by atomic mass is 16.5. The number of amides is 2. The molecule has 1 atom stereocenters. The second-order valence-corrected chi connectivity index (χ2v) is 6.90. The quantitative estimate of drug-likeness (QED) is 0.802. The lowest BCUT2D eigenvalue weighted by Gasteiger charge is -2.27. The first-order valence-electron chi connectivity index (χ1n) is 9.05. The lowest BCUT2D eigenvalue weighted by molar-refractivity contribution is -0.133. The van der Waals surface area contributed by atoms with E-state index in [2.05, 4.69) is 11.4 Å². The fourth-order valence-corrected chi connectivity index (χ4v) is 2.84. The Bertz CT molecular complexity index is 869. The van der Waals surface area contributed by atoms with E-state index >= 15 is 0 Å². The van der Waals surface area contributed by atoms with Crippen molar-refractivity contribution >= 4 is 11.8 Å². The summed E-state index contributed by atoms with van der Waals surface area (Å²) >= 11 is 0. The van der Waals surface area contributed by atoms with Gasteiger partial charge in [0, 0.05) is 13.6 Å². The molecule has 0 saturated heterocycles. The minimum absolute atomic E-state index is 0.0884. The molecule has 6 heteroatoms. The van der Waals surface area contributed by atoms with Crippen molar-refractivity contribution in [3.05, 3.63) is 65.2 Å². The molecule has 0 heterocycles. The summed E-state index contributed by atoms with van der Waals surface area (Å²) in [5, 5.41) is 11.7. The molecule has 1 unspecified atom stereocenters. The predicted molar refractivity (Wildman–Crippen MR) is 107 cm³/mol. The molecule has 0 radical (unpaired) electrons. The van der Waals surface area contributed by atoms with Crippen molar-refractivity contribution in [2.24, 2.45) is 5.92 Å². The number of nitrogens with one attached hydrogen (secondary N) is 1. The number of hydrogen-bond acceptors (Lipinski definition) is 4. The molecule has 2 amide bonds. The SMILES string of the molecule is COc1ccccc1C(=O)NC(C(=O)N(C)Cc1ccc(C#N)cc1)C(C)C. The topological polar surface area (TPSA) is 82.4 Å². The summed E-state index contributed by atoms with van der Waals surface area (Å²) < 4.78 is 5.24. The molecule has 0 saturated carbocycles. The largest absolute Gasteiger partial charge is 0.496 e. The molecule has 2 aromatic rings. The third kappa shape index (κ3) is 5.10. The maximum atomic E-state index is 13.0. The summed E-state index contributed by atoms with van der Waals surface area (Å²) in [5.74, 6) is -0.158. The molecule has 6 nitrogen and oxygen atoms in total. The fourth-order valence-electron chi connectivity index (χ4n) is 2.84. The molecule has 0 fully saturated rings.